The van der Waals surface area contributed by atoms with E-state index in [0.29, 0.717) is 13.0 Å². The first-order chi connectivity index (χ1) is 11.9. The molecule has 1 atom stereocenters. The standard InChI is InChI=1S/C18H21N3O4/c1-11-3-4-12(9-13(11)25-2)17(5-6-17)15(23)21-8-7-18(10-21)14(22)19-16(24)20-18/h3-4,9H,5-8,10H2,1-2H3,(H2,19,20,22,24)/t18-/m0/s1. The minimum absolute atomic E-state index is 0.0317. The van der Waals surface area contributed by atoms with Crippen LogP contribution < -0.4 is 15.4 Å². The number of nitrogens with one attached hydrogen (secondary N) is 2. The molecule has 3 fully saturated rings. The number of rotatable bonds is 3. The number of carbonyl (C=O) groups is 3. The second-order valence-corrected chi connectivity index (χ2v) is 7.23. The molecule has 1 saturated carbocycles. The number of hydrogen-bond acceptors (Lipinski definition) is 4. The van der Waals surface area contributed by atoms with Crippen LogP contribution in [0.3, 0.4) is 0 Å². The van der Waals surface area contributed by atoms with Crippen molar-refractivity contribution >= 4 is 17.8 Å². The molecule has 0 bridgehead atoms. The number of methoxy groups -OCH3 is 1. The Labute approximate surface area is 145 Å². The molecular formula is C18H21N3O4. The maximum atomic E-state index is 13.2. The quantitative estimate of drug-likeness (QED) is 0.797. The maximum Gasteiger partial charge on any atom is 0.322 e. The first-order valence-electron chi connectivity index (χ1n) is 8.48. The number of benzene rings is 1. The number of aryl methyl sites for hydroxylation is 1. The molecule has 2 aliphatic heterocycles. The molecule has 7 heteroatoms. The monoisotopic (exact) mass is 343 g/mol. The Morgan fingerprint density at radius 1 is 1.24 bits per heavy atom. The van der Waals surface area contributed by atoms with Crippen LogP contribution in [0.25, 0.3) is 0 Å². The zero-order chi connectivity index (χ0) is 17.8. The third-order valence-electron chi connectivity index (χ3n) is 5.69. The fourth-order valence-electron chi connectivity index (χ4n) is 3.97. The highest BCUT2D eigenvalue weighted by atomic mass is 16.5. The van der Waals surface area contributed by atoms with Crippen LogP contribution >= 0.6 is 0 Å². The number of carbonyl (C=O) groups excluding carboxylic acids is 3. The summed E-state index contributed by atoms with van der Waals surface area (Å²) in [6, 6.07) is 5.41. The number of nitrogens with zero attached hydrogens (tertiary/aromatic N) is 1. The Morgan fingerprint density at radius 2 is 2.00 bits per heavy atom. The lowest BCUT2D eigenvalue weighted by Gasteiger charge is -2.25. The van der Waals surface area contributed by atoms with Crippen molar-refractivity contribution in [3.63, 3.8) is 0 Å². The summed E-state index contributed by atoms with van der Waals surface area (Å²) < 4.78 is 5.39. The number of imide groups is 1. The third-order valence-corrected chi connectivity index (χ3v) is 5.69. The Kier molecular flexibility index (Phi) is 3.32. The van der Waals surface area contributed by atoms with E-state index in [4.69, 9.17) is 4.74 Å². The van der Waals surface area contributed by atoms with Gasteiger partial charge in [-0.3, -0.25) is 14.9 Å². The van der Waals surface area contributed by atoms with Gasteiger partial charge in [-0.1, -0.05) is 12.1 Å². The van der Waals surface area contributed by atoms with Gasteiger partial charge in [0.15, 0.2) is 0 Å². The van der Waals surface area contributed by atoms with E-state index in [1.54, 1.807) is 12.0 Å². The fourth-order valence-corrected chi connectivity index (χ4v) is 3.97. The van der Waals surface area contributed by atoms with Gasteiger partial charge >= 0.3 is 6.03 Å². The number of amides is 4. The summed E-state index contributed by atoms with van der Waals surface area (Å²) in [7, 11) is 1.62. The molecule has 2 saturated heterocycles. The zero-order valence-electron chi connectivity index (χ0n) is 14.3. The molecule has 2 heterocycles. The van der Waals surface area contributed by atoms with E-state index in [2.05, 4.69) is 10.6 Å². The van der Waals surface area contributed by atoms with Gasteiger partial charge in [0, 0.05) is 6.54 Å². The van der Waals surface area contributed by atoms with Crippen molar-refractivity contribution in [2.45, 2.75) is 37.1 Å². The van der Waals surface area contributed by atoms with Crippen LogP contribution in [0.15, 0.2) is 18.2 Å². The molecule has 25 heavy (non-hydrogen) atoms. The van der Waals surface area contributed by atoms with Crippen LogP contribution in [0, 0.1) is 6.92 Å². The van der Waals surface area contributed by atoms with Gasteiger partial charge in [0.2, 0.25) is 5.91 Å². The second kappa shape index (κ2) is 5.21. The van der Waals surface area contributed by atoms with E-state index >= 15 is 0 Å². The molecule has 0 radical (unpaired) electrons. The Morgan fingerprint density at radius 3 is 2.60 bits per heavy atom. The summed E-state index contributed by atoms with van der Waals surface area (Å²) in [5.41, 5.74) is 0.500. The average molecular weight is 343 g/mol. The smallest absolute Gasteiger partial charge is 0.322 e. The molecule has 1 aromatic rings. The molecule has 4 rings (SSSR count). The highest BCUT2D eigenvalue weighted by Gasteiger charge is 2.58. The molecule has 3 aliphatic rings. The van der Waals surface area contributed by atoms with Crippen molar-refractivity contribution < 1.29 is 19.1 Å². The molecule has 132 valence electrons. The van der Waals surface area contributed by atoms with Crippen LogP contribution in [0.5, 0.6) is 5.75 Å². The van der Waals surface area contributed by atoms with Crippen molar-refractivity contribution in [3.8, 4) is 5.75 Å². The van der Waals surface area contributed by atoms with Crippen LogP contribution in [-0.4, -0.2) is 48.5 Å². The lowest BCUT2D eigenvalue weighted by Crippen LogP contribution is -2.50. The van der Waals surface area contributed by atoms with Crippen LogP contribution in [0.1, 0.15) is 30.4 Å². The van der Waals surface area contributed by atoms with Gasteiger partial charge in [-0.25, -0.2) is 4.79 Å². The molecule has 0 aromatic heterocycles. The molecular weight excluding hydrogens is 322 g/mol. The number of likely N-dealkylation sites (tertiary alicyclic amines) is 1. The summed E-state index contributed by atoms with van der Waals surface area (Å²) in [6.45, 7) is 2.67. The minimum Gasteiger partial charge on any atom is -0.496 e. The number of urea groups is 1. The minimum atomic E-state index is -0.964. The number of hydrogen-bond donors (Lipinski definition) is 2. The van der Waals surface area contributed by atoms with E-state index in [-0.39, 0.29) is 18.4 Å². The van der Waals surface area contributed by atoms with Crippen LogP contribution in [0.4, 0.5) is 4.79 Å². The summed E-state index contributed by atoms with van der Waals surface area (Å²) in [5, 5.41) is 4.96. The van der Waals surface area contributed by atoms with E-state index < -0.39 is 17.0 Å². The molecule has 2 N–H and O–H groups in total. The van der Waals surface area contributed by atoms with E-state index in [0.717, 1.165) is 29.7 Å². The maximum absolute atomic E-state index is 13.2. The SMILES string of the molecule is COc1cc(C2(C(=O)N3CC[C@@]4(C3)NC(=O)NC4=O)CC2)ccc1C. The lowest BCUT2D eigenvalue weighted by molar-refractivity contribution is -0.133. The topological polar surface area (TPSA) is 87.7 Å². The number of ether oxygens (including phenoxy) is 1. The second-order valence-electron chi connectivity index (χ2n) is 7.23. The Bertz CT molecular complexity index is 787. The largest absolute Gasteiger partial charge is 0.496 e. The van der Waals surface area contributed by atoms with E-state index in [1.165, 1.54) is 0 Å². The van der Waals surface area contributed by atoms with Crippen molar-refractivity contribution in [2.75, 3.05) is 20.2 Å². The van der Waals surface area contributed by atoms with Crippen molar-refractivity contribution in [1.29, 1.82) is 0 Å². The normalized spacial score (nSPS) is 26.6. The zero-order valence-corrected chi connectivity index (χ0v) is 14.3. The summed E-state index contributed by atoms with van der Waals surface area (Å²) in [5.74, 6) is 0.468. The van der Waals surface area contributed by atoms with Gasteiger partial charge in [-0.2, -0.15) is 0 Å². The summed E-state index contributed by atoms with van der Waals surface area (Å²) >= 11 is 0. The van der Waals surface area contributed by atoms with Crippen LogP contribution in [0.2, 0.25) is 0 Å². The van der Waals surface area contributed by atoms with Gasteiger partial charge in [-0.05, 0) is 43.4 Å². The first-order valence-corrected chi connectivity index (χ1v) is 8.48. The lowest BCUT2D eigenvalue weighted by atomic mass is 9.93. The van der Waals surface area contributed by atoms with E-state index in [9.17, 15) is 14.4 Å². The highest BCUT2D eigenvalue weighted by molar-refractivity contribution is 6.08. The molecule has 4 amide bonds. The summed E-state index contributed by atoms with van der Waals surface area (Å²) in [6.07, 6.45) is 2.03. The van der Waals surface area contributed by atoms with E-state index in [1.807, 2.05) is 25.1 Å². The third kappa shape index (κ3) is 2.29. The van der Waals surface area contributed by atoms with Gasteiger partial charge in [0.1, 0.15) is 11.3 Å². The predicted molar refractivity (Wildman–Crippen MR) is 89.2 cm³/mol. The fraction of sp³-hybridized carbons (Fsp3) is 0.500. The van der Waals surface area contributed by atoms with Crippen molar-refractivity contribution in [3.05, 3.63) is 29.3 Å². The Hall–Kier alpha value is -2.57. The molecule has 1 aromatic carbocycles. The van der Waals surface area contributed by atoms with Crippen molar-refractivity contribution in [1.82, 2.24) is 15.5 Å². The summed E-state index contributed by atoms with van der Waals surface area (Å²) in [4.78, 5) is 38.4. The van der Waals surface area contributed by atoms with Gasteiger partial charge in [0.05, 0.1) is 19.1 Å². The average Bonchev–Trinajstić information content (AvgIpc) is 3.21. The molecule has 7 nitrogen and oxygen atoms in total. The van der Waals surface area contributed by atoms with Gasteiger partial charge in [0.25, 0.3) is 5.91 Å². The molecule has 0 unspecified atom stereocenters. The van der Waals surface area contributed by atoms with Crippen molar-refractivity contribution in [2.24, 2.45) is 0 Å². The first kappa shape index (κ1) is 15.9. The van der Waals surface area contributed by atoms with Crippen LogP contribution in [-0.2, 0) is 15.0 Å². The van der Waals surface area contributed by atoms with Gasteiger partial charge < -0.3 is 15.0 Å². The Balaban J connectivity index is 1.57. The van der Waals surface area contributed by atoms with Gasteiger partial charge in [-0.15, -0.1) is 0 Å². The predicted octanol–water partition coefficient (Wildman–Crippen LogP) is 0.846. The molecule has 1 spiro atoms. The molecule has 1 aliphatic carbocycles. The highest BCUT2D eigenvalue weighted by Crippen LogP contribution is 2.51.